The van der Waals surface area contributed by atoms with Gasteiger partial charge < -0.3 is 0 Å². The summed E-state index contributed by atoms with van der Waals surface area (Å²) >= 11 is 13.6. The number of allylic oxidation sites excluding steroid dienone is 1. The highest BCUT2D eigenvalue weighted by atomic mass is 35.5. The molecule has 0 N–H and O–H groups in total. The van der Waals surface area contributed by atoms with Crippen molar-refractivity contribution in [3.8, 4) is 0 Å². The standard InChI is InChI=1S/C19H14Cl2N4OS/c1-2-9-24-17(26)13-5-3-4-6-16(13)25-18(24)22-23-19(25)27-11-12-7-8-14(20)15(21)10-12/h2-8,10H,1,9,11H2. The van der Waals surface area contributed by atoms with E-state index in [1.54, 1.807) is 16.7 Å². The van der Waals surface area contributed by atoms with Crippen LogP contribution in [0, 0.1) is 0 Å². The first-order valence-electron chi connectivity index (χ1n) is 8.14. The Hall–Kier alpha value is -2.28. The largest absolute Gasteiger partial charge is 0.272 e. The number of fused-ring (bicyclic) bond motifs is 3. The third-order valence-corrected chi connectivity index (χ3v) is 5.88. The topological polar surface area (TPSA) is 52.2 Å². The summed E-state index contributed by atoms with van der Waals surface area (Å²) in [5, 5.41) is 10.9. The van der Waals surface area contributed by atoms with Crippen molar-refractivity contribution < 1.29 is 0 Å². The maximum atomic E-state index is 12.8. The van der Waals surface area contributed by atoms with Crippen LogP contribution >= 0.6 is 35.0 Å². The Morgan fingerprint density at radius 1 is 1.11 bits per heavy atom. The molecule has 0 aliphatic carbocycles. The quantitative estimate of drug-likeness (QED) is 0.345. The van der Waals surface area contributed by atoms with Crippen LogP contribution in [0.3, 0.4) is 0 Å². The van der Waals surface area contributed by atoms with Gasteiger partial charge in [-0.15, -0.1) is 16.8 Å². The average Bonchev–Trinajstić information content (AvgIpc) is 3.10. The summed E-state index contributed by atoms with van der Waals surface area (Å²) in [6.45, 7) is 4.10. The fourth-order valence-electron chi connectivity index (χ4n) is 2.90. The van der Waals surface area contributed by atoms with E-state index in [0.717, 1.165) is 11.1 Å². The molecule has 136 valence electrons. The lowest BCUT2D eigenvalue weighted by atomic mass is 10.2. The summed E-state index contributed by atoms with van der Waals surface area (Å²) in [7, 11) is 0. The zero-order chi connectivity index (χ0) is 19.0. The van der Waals surface area contributed by atoms with Gasteiger partial charge >= 0.3 is 0 Å². The van der Waals surface area contributed by atoms with Crippen molar-refractivity contribution in [2.24, 2.45) is 0 Å². The first-order chi connectivity index (χ1) is 13.1. The number of thioether (sulfide) groups is 1. The second-order valence-electron chi connectivity index (χ2n) is 5.88. The maximum absolute atomic E-state index is 12.8. The van der Waals surface area contributed by atoms with E-state index in [9.17, 15) is 4.79 Å². The third kappa shape index (κ3) is 3.25. The first kappa shape index (κ1) is 18.1. The molecular formula is C19H14Cl2N4OS. The molecule has 4 rings (SSSR count). The summed E-state index contributed by atoms with van der Waals surface area (Å²) in [5.41, 5.74) is 1.70. The van der Waals surface area contributed by atoms with Crippen LogP contribution in [0.25, 0.3) is 16.7 Å². The molecule has 2 aromatic carbocycles. The van der Waals surface area contributed by atoms with Gasteiger partial charge in [-0.3, -0.25) is 13.8 Å². The number of rotatable bonds is 5. The van der Waals surface area contributed by atoms with Crippen molar-refractivity contribution in [3.05, 3.63) is 81.1 Å². The minimum absolute atomic E-state index is 0.105. The molecule has 2 aromatic heterocycles. The molecule has 27 heavy (non-hydrogen) atoms. The minimum Gasteiger partial charge on any atom is -0.272 e. The molecule has 0 spiro atoms. The van der Waals surface area contributed by atoms with Crippen molar-refractivity contribution in [3.63, 3.8) is 0 Å². The van der Waals surface area contributed by atoms with Gasteiger partial charge in [0.05, 0.1) is 20.9 Å². The second-order valence-corrected chi connectivity index (χ2v) is 7.63. The van der Waals surface area contributed by atoms with Crippen molar-refractivity contribution >= 4 is 51.6 Å². The zero-order valence-corrected chi connectivity index (χ0v) is 16.4. The van der Waals surface area contributed by atoms with Crippen molar-refractivity contribution in [1.82, 2.24) is 19.2 Å². The molecule has 0 aliphatic rings. The number of hydrogen-bond acceptors (Lipinski definition) is 4. The zero-order valence-electron chi connectivity index (χ0n) is 14.1. The predicted molar refractivity (Wildman–Crippen MR) is 111 cm³/mol. The Morgan fingerprint density at radius 2 is 1.93 bits per heavy atom. The summed E-state index contributed by atoms with van der Waals surface area (Å²) in [4.78, 5) is 12.8. The van der Waals surface area contributed by atoms with E-state index in [1.807, 2.05) is 40.8 Å². The van der Waals surface area contributed by atoms with E-state index in [1.165, 1.54) is 11.8 Å². The van der Waals surface area contributed by atoms with Crippen LogP contribution in [-0.2, 0) is 12.3 Å². The monoisotopic (exact) mass is 416 g/mol. The van der Waals surface area contributed by atoms with E-state index in [4.69, 9.17) is 23.2 Å². The van der Waals surface area contributed by atoms with E-state index in [2.05, 4.69) is 16.8 Å². The van der Waals surface area contributed by atoms with E-state index >= 15 is 0 Å². The predicted octanol–water partition coefficient (Wildman–Crippen LogP) is 4.83. The fraction of sp³-hybridized carbons (Fsp3) is 0.105. The molecule has 0 radical (unpaired) electrons. The molecule has 0 fully saturated rings. The van der Waals surface area contributed by atoms with Gasteiger partial charge in [0, 0.05) is 12.3 Å². The molecule has 0 saturated carbocycles. The number of halogens is 2. The summed E-state index contributed by atoms with van der Waals surface area (Å²) in [6, 6.07) is 13.0. The lowest BCUT2D eigenvalue weighted by molar-refractivity contribution is 0.783. The Kier molecular flexibility index (Phi) is 4.95. The first-order valence-corrected chi connectivity index (χ1v) is 9.88. The van der Waals surface area contributed by atoms with Crippen molar-refractivity contribution in [2.45, 2.75) is 17.5 Å². The van der Waals surface area contributed by atoms with E-state index in [0.29, 0.717) is 38.7 Å². The Morgan fingerprint density at radius 3 is 2.70 bits per heavy atom. The van der Waals surface area contributed by atoms with E-state index in [-0.39, 0.29) is 5.56 Å². The molecule has 0 atom stereocenters. The van der Waals surface area contributed by atoms with Gasteiger partial charge in [0.2, 0.25) is 5.78 Å². The van der Waals surface area contributed by atoms with Crippen LogP contribution in [0.15, 0.2) is 65.1 Å². The molecule has 0 amide bonds. The average molecular weight is 417 g/mol. The van der Waals surface area contributed by atoms with Crippen molar-refractivity contribution in [1.29, 1.82) is 0 Å². The molecule has 4 aromatic rings. The Bertz CT molecular complexity index is 1230. The Labute approximate surface area is 169 Å². The van der Waals surface area contributed by atoms with Crippen LogP contribution in [0.5, 0.6) is 0 Å². The van der Waals surface area contributed by atoms with Crippen LogP contribution in [0.1, 0.15) is 5.56 Å². The normalized spacial score (nSPS) is 11.3. The molecule has 5 nitrogen and oxygen atoms in total. The number of para-hydroxylation sites is 1. The second kappa shape index (κ2) is 7.38. The van der Waals surface area contributed by atoms with Gasteiger partial charge in [-0.2, -0.15) is 0 Å². The molecule has 0 saturated heterocycles. The lowest BCUT2D eigenvalue weighted by Gasteiger charge is -2.09. The van der Waals surface area contributed by atoms with Crippen molar-refractivity contribution in [2.75, 3.05) is 0 Å². The van der Waals surface area contributed by atoms with Crippen LogP contribution < -0.4 is 5.56 Å². The summed E-state index contributed by atoms with van der Waals surface area (Å²) < 4.78 is 3.48. The van der Waals surface area contributed by atoms with Gasteiger partial charge in [-0.1, -0.05) is 59.2 Å². The van der Waals surface area contributed by atoms with E-state index < -0.39 is 0 Å². The van der Waals surface area contributed by atoms with Crippen LogP contribution in [-0.4, -0.2) is 19.2 Å². The van der Waals surface area contributed by atoms with Crippen LogP contribution in [0.2, 0.25) is 10.0 Å². The number of nitrogens with zero attached hydrogens (tertiary/aromatic N) is 4. The number of hydrogen-bond donors (Lipinski definition) is 0. The van der Waals surface area contributed by atoms with Gasteiger partial charge in [-0.05, 0) is 29.8 Å². The van der Waals surface area contributed by atoms with Gasteiger partial charge in [0.15, 0.2) is 5.16 Å². The molecule has 8 heteroatoms. The van der Waals surface area contributed by atoms with Gasteiger partial charge in [0.25, 0.3) is 5.56 Å². The molecule has 0 bridgehead atoms. The molecule has 2 heterocycles. The van der Waals surface area contributed by atoms with Crippen LogP contribution in [0.4, 0.5) is 0 Å². The SMILES string of the molecule is C=CCn1c(=O)c2ccccc2n2c(SCc3ccc(Cl)c(Cl)c3)nnc12. The fourth-order valence-corrected chi connectivity index (χ4v) is 4.10. The summed E-state index contributed by atoms with van der Waals surface area (Å²) in [5.74, 6) is 1.14. The molecule has 0 aliphatic heterocycles. The summed E-state index contributed by atoms with van der Waals surface area (Å²) in [6.07, 6.45) is 1.67. The minimum atomic E-state index is -0.105. The highest BCUT2D eigenvalue weighted by Gasteiger charge is 2.16. The molecule has 0 unspecified atom stereocenters. The Balaban J connectivity index is 1.83. The maximum Gasteiger partial charge on any atom is 0.263 e. The highest BCUT2D eigenvalue weighted by Crippen LogP contribution is 2.28. The third-order valence-electron chi connectivity index (χ3n) is 4.14. The smallest absolute Gasteiger partial charge is 0.263 e. The van der Waals surface area contributed by atoms with Gasteiger partial charge in [0.1, 0.15) is 0 Å². The van der Waals surface area contributed by atoms with Gasteiger partial charge in [-0.25, -0.2) is 0 Å². The number of benzene rings is 2. The number of aromatic nitrogens is 4. The lowest BCUT2D eigenvalue weighted by Crippen LogP contribution is -2.22. The highest BCUT2D eigenvalue weighted by molar-refractivity contribution is 7.98. The molecular weight excluding hydrogens is 403 g/mol.